The number of quaternary nitrogens is 1. The van der Waals surface area contributed by atoms with Crippen molar-refractivity contribution >= 4 is 11.8 Å². The topological polar surface area (TPSA) is 77.6 Å². The molecule has 0 saturated heterocycles. The predicted octanol–water partition coefficient (Wildman–Crippen LogP) is -0.535. The van der Waals surface area contributed by atoms with Crippen molar-refractivity contribution in [3.05, 3.63) is 0 Å². The van der Waals surface area contributed by atoms with E-state index in [1.165, 1.54) is 0 Å². The van der Waals surface area contributed by atoms with Crippen LogP contribution in [-0.2, 0) is 9.59 Å². The maximum absolute atomic E-state index is 12.5. The molecule has 122 valence electrons. The summed E-state index contributed by atoms with van der Waals surface area (Å²) in [6.45, 7) is 0.549. The van der Waals surface area contributed by atoms with Crippen molar-refractivity contribution in [3.8, 4) is 6.07 Å². The summed E-state index contributed by atoms with van der Waals surface area (Å²) in [4.78, 5) is 26.7. The van der Waals surface area contributed by atoms with Gasteiger partial charge in [0.25, 0.3) is 11.8 Å². The third-order valence-corrected chi connectivity index (χ3v) is 4.76. The van der Waals surface area contributed by atoms with Crippen molar-refractivity contribution in [2.24, 2.45) is 0 Å². The highest BCUT2D eigenvalue weighted by atomic mass is 16.2. The van der Waals surface area contributed by atoms with E-state index in [9.17, 15) is 14.9 Å². The van der Waals surface area contributed by atoms with Gasteiger partial charge in [-0.1, -0.05) is 19.3 Å². The van der Waals surface area contributed by atoms with Gasteiger partial charge in [-0.25, -0.2) is 0 Å². The maximum Gasteiger partial charge on any atom is 0.278 e. The van der Waals surface area contributed by atoms with Crippen LogP contribution in [0.4, 0.5) is 0 Å². The molecule has 0 radical (unpaired) electrons. The van der Waals surface area contributed by atoms with Gasteiger partial charge in [0.2, 0.25) is 0 Å². The second kappa shape index (κ2) is 7.10. The van der Waals surface area contributed by atoms with E-state index < -0.39 is 5.54 Å². The minimum Gasteiger partial charge on any atom is -0.348 e. The van der Waals surface area contributed by atoms with E-state index in [0.717, 1.165) is 49.8 Å². The lowest BCUT2D eigenvalue weighted by Gasteiger charge is -2.39. The molecular weight excluding hydrogens is 280 g/mol. The van der Waals surface area contributed by atoms with E-state index in [1.807, 2.05) is 7.05 Å². The van der Waals surface area contributed by atoms with Gasteiger partial charge < -0.3 is 15.1 Å². The number of hydrogen-bond acceptors (Lipinski definition) is 3. The first-order valence-electron chi connectivity index (χ1n) is 8.25. The monoisotopic (exact) mass is 307 g/mol. The zero-order valence-electron chi connectivity index (χ0n) is 13.7. The third kappa shape index (κ3) is 4.20. The molecule has 2 aliphatic carbocycles. The SMILES string of the molecule is CN(C(=O)C[NH+](C)CC(=O)NC1CC1)C1(C#N)CCCCC1. The van der Waals surface area contributed by atoms with Crippen LogP contribution < -0.4 is 10.2 Å². The highest BCUT2D eigenvalue weighted by Gasteiger charge is 2.39. The summed E-state index contributed by atoms with van der Waals surface area (Å²) in [5.41, 5.74) is -0.647. The molecule has 2 aliphatic rings. The Hall–Kier alpha value is -1.61. The van der Waals surface area contributed by atoms with Gasteiger partial charge >= 0.3 is 0 Å². The first-order chi connectivity index (χ1) is 10.5. The van der Waals surface area contributed by atoms with Gasteiger partial charge in [-0.05, 0) is 25.7 Å². The second-order valence-corrected chi connectivity index (χ2v) is 6.81. The molecule has 2 saturated carbocycles. The van der Waals surface area contributed by atoms with Crippen molar-refractivity contribution < 1.29 is 14.5 Å². The number of amides is 2. The lowest BCUT2D eigenvalue weighted by Crippen LogP contribution is -3.11. The largest absolute Gasteiger partial charge is 0.348 e. The molecule has 1 atom stereocenters. The molecule has 0 aliphatic heterocycles. The number of nitrogens with zero attached hydrogens (tertiary/aromatic N) is 2. The van der Waals surface area contributed by atoms with Crippen LogP contribution in [0.15, 0.2) is 0 Å². The number of carbonyl (C=O) groups is 2. The summed E-state index contributed by atoms with van der Waals surface area (Å²) in [5, 5.41) is 12.5. The third-order valence-electron chi connectivity index (χ3n) is 4.76. The average Bonchev–Trinajstić information content (AvgIpc) is 3.30. The Morgan fingerprint density at radius 3 is 2.45 bits per heavy atom. The van der Waals surface area contributed by atoms with Gasteiger partial charge in [-0.3, -0.25) is 9.59 Å². The van der Waals surface area contributed by atoms with Gasteiger partial charge in [0.05, 0.1) is 13.1 Å². The molecule has 22 heavy (non-hydrogen) atoms. The molecule has 2 N–H and O–H groups in total. The molecule has 6 heteroatoms. The lowest BCUT2D eigenvalue weighted by molar-refractivity contribution is -0.863. The summed E-state index contributed by atoms with van der Waals surface area (Å²) in [7, 11) is 3.58. The summed E-state index contributed by atoms with van der Waals surface area (Å²) in [5.74, 6) is -0.0525. The van der Waals surface area contributed by atoms with Crippen molar-refractivity contribution in [1.82, 2.24) is 10.2 Å². The molecule has 6 nitrogen and oxygen atoms in total. The van der Waals surface area contributed by atoms with E-state index >= 15 is 0 Å². The van der Waals surface area contributed by atoms with Gasteiger partial charge in [0.1, 0.15) is 5.54 Å². The number of nitrogens with one attached hydrogen (secondary N) is 2. The van der Waals surface area contributed by atoms with Gasteiger partial charge in [0.15, 0.2) is 13.1 Å². The molecule has 0 aromatic heterocycles. The number of rotatable bonds is 6. The summed E-state index contributed by atoms with van der Waals surface area (Å²) >= 11 is 0. The lowest BCUT2D eigenvalue weighted by atomic mass is 9.81. The summed E-state index contributed by atoms with van der Waals surface area (Å²) in [6.07, 6.45) is 6.78. The molecule has 0 aromatic rings. The van der Waals surface area contributed by atoms with E-state index in [2.05, 4.69) is 11.4 Å². The predicted molar refractivity (Wildman–Crippen MR) is 82.0 cm³/mol. The molecule has 0 bridgehead atoms. The zero-order chi connectivity index (χ0) is 16.2. The highest BCUT2D eigenvalue weighted by molar-refractivity contribution is 5.80. The number of carbonyl (C=O) groups excluding carboxylic acids is 2. The van der Waals surface area contributed by atoms with Crippen molar-refractivity contribution in [1.29, 1.82) is 5.26 Å². The Bertz CT molecular complexity index is 461. The highest BCUT2D eigenvalue weighted by Crippen LogP contribution is 2.32. The standard InChI is InChI=1S/C16H26N4O2/c1-19(10-14(21)18-13-6-7-13)11-15(22)20(2)16(12-17)8-4-3-5-9-16/h13H,3-11H2,1-2H3,(H,18,21)/p+1. The fraction of sp³-hybridized carbons (Fsp3) is 0.812. The van der Waals surface area contributed by atoms with Crippen LogP contribution in [0.5, 0.6) is 0 Å². The van der Waals surface area contributed by atoms with E-state index in [0.29, 0.717) is 12.6 Å². The van der Waals surface area contributed by atoms with Gasteiger partial charge in [-0.2, -0.15) is 5.26 Å². The van der Waals surface area contributed by atoms with Crippen LogP contribution in [0.1, 0.15) is 44.9 Å². The van der Waals surface area contributed by atoms with Crippen LogP contribution in [0, 0.1) is 11.3 Å². The fourth-order valence-electron chi connectivity index (χ4n) is 3.12. The minimum atomic E-state index is -0.647. The van der Waals surface area contributed by atoms with Crippen LogP contribution >= 0.6 is 0 Å². The number of likely N-dealkylation sites (N-methyl/N-ethyl adjacent to an activating group) is 2. The molecule has 2 rings (SSSR count). The molecule has 2 fully saturated rings. The number of nitriles is 1. The van der Waals surface area contributed by atoms with Gasteiger partial charge in [-0.15, -0.1) is 0 Å². The van der Waals surface area contributed by atoms with E-state index in [-0.39, 0.29) is 18.4 Å². The molecule has 0 aromatic carbocycles. The first kappa shape index (κ1) is 16.8. The maximum atomic E-state index is 12.5. The zero-order valence-corrected chi connectivity index (χ0v) is 13.7. The Kier molecular flexibility index (Phi) is 5.41. The normalized spacial score (nSPS) is 21.5. The van der Waals surface area contributed by atoms with Crippen molar-refractivity contribution in [2.45, 2.75) is 56.5 Å². The molecule has 0 spiro atoms. The number of hydrogen-bond donors (Lipinski definition) is 2. The summed E-state index contributed by atoms with van der Waals surface area (Å²) < 4.78 is 0. The molecule has 2 amide bonds. The smallest absolute Gasteiger partial charge is 0.278 e. The Morgan fingerprint density at radius 1 is 1.27 bits per heavy atom. The Balaban J connectivity index is 1.84. The van der Waals surface area contributed by atoms with Crippen molar-refractivity contribution in [3.63, 3.8) is 0 Å². The Morgan fingerprint density at radius 2 is 1.91 bits per heavy atom. The summed E-state index contributed by atoms with van der Waals surface area (Å²) in [6, 6.07) is 2.71. The molecular formula is C16H27N4O2+. The first-order valence-corrected chi connectivity index (χ1v) is 8.25. The van der Waals surface area contributed by atoms with Crippen LogP contribution in [0.3, 0.4) is 0 Å². The quantitative estimate of drug-likeness (QED) is 0.692. The van der Waals surface area contributed by atoms with E-state index in [1.54, 1.807) is 11.9 Å². The van der Waals surface area contributed by atoms with Crippen LogP contribution in [0.2, 0.25) is 0 Å². The van der Waals surface area contributed by atoms with Crippen molar-refractivity contribution in [2.75, 3.05) is 27.2 Å². The second-order valence-electron chi connectivity index (χ2n) is 6.81. The fourth-order valence-corrected chi connectivity index (χ4v) is 3.12. The molecule has 0 heterocycles. The van der Waals surface area contributed by atoms with E-state index in [4.69, 9.17) is 0 Å². The van der Waals surface area contributed by atoms with Crippen LogP contribution in [-0.4, -0.2) is 55.5 Å². The Labute approximate surface area is 132 Å². The van der Waals surface area contributed by atoms with Crippen LogP contribution in [0.25, 0.3) is 0 Å². The minimum absolute atomic E-state index is 0.00289. The average molecular weight is 307 g/mol. The molecule has 1 unspecified atom stereocenters. The van der Waals surface area contributed by atoms with Gasteiger partial charge in [0, 0.05) is 13.1 Å².